The van der Waals surface area contributed by atoms with E-state index in [0.717, 1.165) is 0 Å². The number of unbranched alkanes of at least 4 members (excludes halogenated alkanes) is 2. The van der Waals surface area contributed by atoms with Crippen LogP contribution in [0.25, 0.3) is 0 Å². The van der Waals surface area contributed by atoms with Crippen molar-refractivity contribution in [3.63, 3.8) is 0 Å². The van der Waals surface area contributed by atoms with Gasteiger partial charge in [-0.3, -0.25) is 0 Å². The highest BCUT2D eigenvalue weighted by atomic mass is 16.7. The van der Waals surface area contributed by atoms with Crippen LogP contribution >= 0.6 is 0 Å². The van der Waals surface area contributed by atoms with Crippen LogP contribution in [0.5, 0.6) is 0 Å². The van der Waals surface area contributed by atoms with Gasteiger partial charge in [-0.15, -0.1) is 0 Å². The molecular formula is C16H24O7. The largest absolute Gasteiger partial charge is 0.396 e. The predicted molar refractivity (Wildman–Crippen MR) is 80.8 cm³/mol. The van der Waals surface area contributed by atoms with E-state index in [1.165, 1.54) is 0 Å². The molecular weight excluding hydrogens is 304 g/mol. The number of ether oxygens (including phenoxy) is 2. The zero-order valence-corrected chi connectivity index (χ0v) is 12.9. The van der Waals surface area contributed by atoms with Gasteiger partial charge in [0.15, 0.2) is 6.29 Å². The van der Waals surface area contributed by atoms with E-state index in [4.69, 9.17) is 19.7 Å². The Bertz CT molecular complexity index is 443. The van der Waals surface area contributed by atoms with Gasteiger partial charge >= 0.3 is 0 Å². The summed E-state index contributed by atoms with van der Waals surface area (Å²) in [6.07, 6.45) is -3.87. The summed E-state index contributed by atoms with van der Waals surface area (Å²) in [6, 6.07) is 0. The van der Waals surface area contributed by atoms with E-state index < -0.39 is 37.3 Å². The molecule has 0 aromatic carbocycles. The van der Waals surface area contributed by atoms with Gasteiger partial charge in [-0.25, -0.2) is 0 Å². The van der Waals surface area contributed by atoms with Gasteiger partial charge < -0.3 is 35.0 Å². The van der Waals surface area contributed by atoms with Crippen molar-refractivity contribution in [2.75, 3.05) is 19.8 Å². The molecule has 1 aliphatic heterocycles. The quantitative estimate of drug-likeness (QED) is 0.281. The Labute approximate surface area is 135 Å². The maximum atomic E-state index is 9.76. The fraction of sp³-hybridized carbons (Fsp3) is 0.750. The average Bonchev–Trinajstić information content (AvgIpc) is 2.56. The summed E-state index contributed by atoms with van der Waals surface area (Å²) < 4.78 is 10.5. The lowest BCUT2D eigenvalue weighted by atomic mass is 9.99. The van der Waals surface area contributed by atoms with Crippen LogP contribution in [0, 0.1) is 23.7 Å². The molecule has 0 amide bonds. The van der Waals surface area contributed by atoms with Gasteiger partial charge in [-0.05, 0) is 24.7 Å². The molecule has 130 valence electrons. The molecule has 0 spiro atoms. The number of aliphatic hydroxyl groups excluding tert-OH is 5. The van der Waals surface area contributed by atoms with Gasteiger partial charge in [0, 0.05) is 19.4 Å². The molecule has 1 rings (SSSR count). The third-order valence-corrected chi connectivity index (χ3v) is 3.28. The van der Waals surface area contributed by atoms with E-state index in [9.17, 15) is 15.3 Å². The first-order chi connectivity index (χ1) is 11.1. The van der Waals surface area contributed by atoms with Crippen LogP contribution in [-0.4, -0.2) is 76.1 Å². The summed E-state index contributed by atoms with van der Waals surface area (Å²) in [5.41, 5.74) is 0. The Morgan fingerprint density at radius 3 is 2.13 bits per heavy atom. The van der Waals surface area contributed by atoms with Crippen molar-refractivity contribution in [2.24, 2.45) is 0 Å². The molecule has 5 N–H and O–H groups in total. The molecule has 7 heteroatoms. The molecule has 23 heavy (non-hydrogen) atoms. The van der Waals surface area contributed by atoms with E-state index in [0.29, 0.717) is 25.7 Å². The molecule has 0 bridgehead atoms. The van der Waals surface area contributed by atoms with Gasteiger partial charge in [0.05, 0.1) is 13.2 Å². The highest BCUT2D eigenvalue weighted by molar-refractivity contribution is 5.25. The standard InChI is InChI=1S/C16H24O7/c17-9-7-5-3-1-2-4-6-8-10-22-16-15(21)14(20)13(19)12(11-18)23-16/h12-21H,5-11H2/t12-,13-,14+,15-,16-/m1/s1. The third kappa shape index (κ3) is 6.86. The maximum Gasteiger partial charge on any atom is 0.186 e. The first kappa shape index (κ1) is 19.9. The number of aliphatic hydroxyl groups is 5. The molecule has 1 saturated heterocycles. The van der Waals surface area contributed by atoms with E-state index in [2.05, 4.69) is 23.7 Å². The maximum absolute atomic E-state index is 9.76. The number of hydrogen-bond acceptors (Lipinski definition) is 7. The summed E-state index contributed by atoms with van der Waals surface area (Å²) in [7, 11) is 0. The minimum absolute atomic E-state index is 0.122. The predicted octanol–water partition coefficient (Wildman–Crippen LogP) is -1.64. The van der Waals surface area contributed by atoms with Crippen LogP contribution in [0.2, 0.25) is 0 Å². The highest BCUT2D eigenvalue weighted by Gasteiger charge is 2.43. The van der Waals surface area contributed by atoms with Crippen LogP contribution in [0.3, 0.4) is 0 Å². The van der Waals surface area contributed by atoms with Crippen molar-refractivity contribution in [1.29, 1.82) is 0 Å². The Balaban J connectivity index is 2.24. The molecule has 0 aliphatic carbocycles. The molecule has 5 atom stereocenters. The second kappa shape index (κ2) is 11.4. The van der Waals surface area contributed by atoms with E-state index in [1.54, 1.807) is 0 Å². The van der Waals surface area contributed by atoms with Gasteiger partial charge in [0.1, 0.15) is 24.4 Å². The minimum atomic E-state index is -1.43. The molecule has 1 fully saturated rings. The van der Waals surface area contributed by atoms with Crippen LogP contribution in [-0.2, 0) is 9.47 Å². The van der Waals surface area contributed by atoms with Gasteiger partial charge in [-0.1, -0.05) is 11.8 Å². The summed E-state index contributed by atoms with van der Waals surface area (Å²) in [5, 5.41) is 46.6. The van der Waals surface area contributed by atoms with Crippen LogP contribution in [0.1, 0.15) is 25.7 Å². The lowest BCUT2D eigenvalue weighted by Gasteiger charge is -2.39. The Hall–Kier alpha value is -1.16. The SMILES string of the molecule is OCCCC#CC#CCCCO[C@@H]1O[C@H](CO)[C@@H](O)[C@H](O)[C@H]1O. The summed E-state index contributed by atoms with van der Waals surface area (Å²) in [4.78, 5) is 0. The van der Waals surface area contributed by atoms with Gasteiger partial charge in [-0.2, -0.15) is 0 Å². The van der Waals surface area contributed by atoms with Crippen molar-refractivity contribution in [2.45, 2.75) is 56.4 Å². The summed E-state index contributed by atoms with van der Waals surface area (Å²) >= 11 is 0. The number of hydrogen-bond donors (Lipinski definition) is 5. The average molecular weight is 328 g/mol. The van der Waals surface area contributed by atoms with Crippen LogP contribution < -0.4 is 0 Å². The summed E-state index contributed by atoms with van der Waals surface area (Å²) in [6.45, 7) is -0.113. The second-order valence-electron chi connectivity index (χ2n) is 5.10. The van der Waals surface area contributed by atoms with Crippen molar-refractivity contribution < 1.29 is 35.0 Å². The smallest absolute Gasteiger partial charge is 0.186 e. The molecule has 0 aromatic heterocycles. The first-order valence-electron chi connectivity index (χ1n) is 7.60. The summed E-state index contributed by atoms with van der Waals surface area (Å²) in [5.74, 6) is 11.0. The Kier molecular flexibility index (Phi) is 9.85. The molecule has 0 aromatic rings. The highest BCUT2D eigenvalue weighted by Crippen LogP contribution is 2.21. The molecule has 1 aliphatic rings. The normalized spacial score (nSPS) is 30.0. The zero-order valence-electron chi connectivity index (χ0n) is 12.9. The molecule has 0 radical (unpaired) electrons. The van der Waals surface area contributed by atoms with Crippen LogP contribution in [0.15, 0.2) is 0 Å². The van der Waals surface area contributed by atoms with Crippen molar-refractivity contribution >= 4 is 0 Å². The molecule has 0 saturated carbocycles. The molecule has 0 unspecified atom stereocenters. The monoisotopic (exact) mass is 328 g/mol. The molecule has 1 heterocycles. The Morgan fingerprint density at radius 1 is 0.870 bits per heavy atom. The van der Waals surface area contributed by atoms with E-state index >= 15 is 0 Å². The topological polar surface area (TPSA) is 120 Å². The second-order valence-corrected chi connectivity index (χ2v) is 5.10. The minimum Gasteiger partial charge on any atom is -0.396 e. The van der Waals surface area contributed by atoms with Crippen molar-refractivity contribution in [3.05, 3.63) is 0 Å². The zero-order chi connectivity index (χ0) is 17.1. The lowest BCUT2D eigenvalue weighted by molar-refractivity contribution is -0.301. The van der Waals surface area contributed by atoms with Crippen molar-refractivity contribution in [3.8, 4) is 23.7 Å². The number of rotatable bonds is 7. The van der Waals surface area contributed by atoms with Crippen molar-refractivity contribution in [1.82, 2.24) is 0 Å². The van der Waals surface area contributed by atoms with Gasteiger partial charge in [0.25, 0.3) is 0 Å². The first-order valence-corrected chi connectivity index (χ1v) is 7.60. The fourth-order valence-electron chi connectivity index (χ4n) is 1.95. The molecule has 7 nitrogen and oxygen atoms in total. The Morgan fingerprint density at radius 2 is 1.52 bits per heavy atom. The third-order valence-electron chi connectivity index (χ3n) is 3.28. The fourth-order valence-corrected chi connectivity index (χ4v) is 1.95. The van der Waals surface area contributed by atoms with Crippen LogP contribution in [0.4, 0.5) is 0 Å². The lowest BCUT2D eigenvalue weighted by Crippen LogP contribution is -2.59. The van der Waals surface area contributed by atoms with E-state index in [-0.39, 0.29) is 13.2 Å². The van der Waals surface area contributed by atoms with Gasteiger partial charge in [0.2, 0.25) is 0 Å². The van der Waals surface area contributed by atoms with E-state index in [1.807, 2.05) is 0 Å².